The molecule has 0 unspecified atom stereocenters. The van der Waals surface area contributed by atoms with E-state index in [9.17, 15) is 0 Å². The number of thioether (sulfide) groups is 1. The van der Waals surface area contributed by atoms with Gasteiger partial charge in [-0.1, -0.05) is 30.0 Å². The first-order valence-corrected chi connectivity index (χ1v) is 11.8. The molecule has 0 radical (unpaired) electrons. The lowest BCUT2D eigenvalue weighted by atomic mass is 10.3. The fraction of sp³-hybridized carbons (Fsp3) is 0.0952. The van der Waals surface area contributed by atoms with Crippen LogP contribution < -0.4 is 4.74 Å². The second-order valence-corrected chi connectivity index (χ2v) is 8.95. The molecule has 0 aliphatic heterocycles. The highest BCUT2D eigenvalue weighted by molar-refractivity contribution is 7.98. The van der Waals surface area contributed by atoms with E-state index in [1.165, 1.54) is 0 Å². The zero-order chi connectivity index (χ0) is 20.3. The van der Waals surface area contributed by atoms with Gasteiger partial charge in [-0.05, 0) is 35.7 Å². The third-order valence-electron chi connectivity index (χ3n) is 4.33. The normalized spacial score (nSPS) is 11.1. The van der Waals surface area contributed by atoms with Gasteiger partial charge in [0, 0.05) is 11.1 Å². The molecule has 0 fully saturated rings. The monoisotopic (exact) mass is 452 g/mol. The topological polar surface area (TPSA) is 66.0 Å². The van der Waals surface area contributed by atoms with Crippen molar-refractivity contribution in [2.45, 2.75) is 10.9 Å². The first-order chi connectivity index (χ1) is 14.8. The van der Waals surface area contributed by atoms with Crippen LogP contribution in [0.4, 0.5) is 0 Å². The van der Waals surface area contributed by atoms with Crippen LogP contribution in [0.15, 0.2) is 75.1 Å². The van der Waals surface area contributed by atoms with Gasteiger partial charge < -0.3 is 9.15 Å². The lowest BCUT2D eigenvalue weighted by Crippen LogP contribution is -2.01. The zero-order valence-electron chi connectivity index (χ0n) is 15.9. The molecule has 0 N–H and O–H groups in total. The maximum atomic E-state index is 5.60. The Kier molecular flexibility index (Phi) is 5.39. The molecule has 0 amide bonds. The van der Waals surface area contributed by atoms with E-state index in [2.05, 4.69) is 25.1 Å². The predicted molar refractivity (Wildman–Crippen MR) is 121 cm³/mol. The van der Waals surface area contributed by atoms with Crippen molar-refractivity contribution in [3.63, 3.8) is 0 Å². The van der Waals surface area contributed by atoms with Crippen LogP contribution in [0.3, 0.4) is 0 Å². The molecule has 0 aliphatic carbocycles. The smallest absolute Gasteiger partial charge is 0.196 e. The number of hydrogen-bond donors (Lipinski definition) is 0. The SMILES string of the molecule is COc1ccccc1-n1c(SCc2csc(-c3ccco3)n2)nnc1-c1cccs1. The summed E-state index contributed by atoms with van der Waals surface area (Å²) in [7, 11) is 1.67. The summed E-state index contributed by atoms with van der Waals surface area (Å²) in [5.74, 6) is 3.03. The third-order valence-corrected chi connectivity index (χ3v) is 7.07. The molecule has 0 saturated heterocycles. The number of benzene rings is 1. The van der Waals surface area contributed by atoms with Crippen LogP contribution in [0.5, 0.6) is 5.75 Å². The van der Waals surface area contributed by atoms with Crippen molar-refractivity contribution < 1.29 is 9.15 Å². The van der Waals surface area contributed by atoms with Crippen LogP contribution in [0.2, 0.25) is 0 Å². The minimum Gasteiger partial charge on any atom is -0.495 e. The molecule has 9 heteroatoms. The first kappa shape index (κ1) is 19.1. The van der Waals surface area contributed by atoms with Crippen molar-refractivity contribution in [1.29, 1.82) is 0 Å². The summed E-state index contributed by atoms with van der Waals surface area (Å²) in [6.45, 7) is 0. The van der Waals surface area contributed by atoms with E-state index < -0.39 is 0 Å². The molecule has 1 aromatic carbocycles. The minimum absolute atomic E-state index is 0.676. The molecule has 0 atom stereocenters. The Morgan fingerprint density at radius 1 is 1.07 bits per heavy atom. The van der Waals surface area contributed by atoms with Crippen LogP contribution in [-0.4, -0.2) is 26.9 Å². The van der Waals surface area contributed by atoms with E-state index in [0.29, 0.717) is 5.75 Å². The summed E-state index contributed by atoms with van der Waals surface area (Å²) in [6.07, 6.45) is 1.66. The van der Waals surface area contributed by atoms with E-state index in [1.54, 1.807) is 47.8 Å². The van der Waals surface area contributed by atoms with Crippen molar-refractivity contribution >= 4 is 34.4 Å². The fourth-order valence-corrected chi connectivity index (χ4v) is 5.41. The molecule has 0 saturated carbocycles. The van der Waals surface area contributed by atoms with Gasteiger partial charge in [-0.3, -0.25) is 4.57 Å². The molecule has 4 aromatic heterocycles. The van der Waals surface area contributed by atoms with Gasteiger partial charge in [-0.2, -0.15) is 0 Å². The van der Waals surface area contributed by atoms with Gasteiger partial charge in [0.15, 0.2) is 21.7 Å². The molecule has 0 spiro atoms. The predicted octanol–water partition coefficient (Wildman–Crippen LogP) is 6.01. The lowest BCUT2D eigenvalue weighted by molar-refractivity contribution is 0.412. The van der Waals surface area contributed by atoms with Crippen LogP contribution in [0.1, 0.15) is 5.69 Å². The molecular formula is C21H16N4O2S3. The number of methoxy groups -OCH3 is 1. The Bertz CT molecular complexity index is 1240. The Balaban J connectivity index is 1.48. The fourth-order valence-electron chi connectivity index (χ4n) is 2.99. The van der Waals surface area contributed by atoms with Crippen LogP contribution in [-0.2, 0) is 5.75 Å². The van der Waals surface area contributed by atoms with Crippen molar-refractivity contribution in [2.75, 3.05) is 7.11 Å². The van der Waals surface area contributed by atoms with Crippen molar-refractivity contribution in [3.8, 4) is 32.9 Å². The van der Waals surface area contributed by atoms with Crippen LogP contribution in [0.25, 0.3) is 27.2 Å². The third kappa shape index (κ3) is 3.67. The summed E-state index contributed by atoms with van der Waals surface area (Å²) < 4.78 is 13.1. The molecule has 5 rings (SSSR count). The Morgan fingerprint density at radius 2 is 2.00 bits per heavy atom. The standard InChI is InChI=1S/C21H16N4O2S3/c1-26-16-7-3-2-6-15(16)25-19(18-9-5-11-28-18)23-24-21(25)30-13-14-12-29-20(22-14)17-8-4-10-27-17/h2-12H,13H2,1H3. The maximum Gasteiger partial charge on any atom is 0.196 e. The van der Waals surface area contributed by atoms with Crippen molar-refractivity contribution in [1.82, 2.24) is 19.7 Å². The number of para-hydroxylation sites is 2. The zero-order valence-corrected chi connectivity index (χ0v) is 18.3. The molecule has 6 nitrogen and oxygen atoms in total. The molecule has 0 aliphatic rings. The van der Waals surface area contributed by atoms with E-state index in [0.717, 1.165) is 43.8 Å². The quantitative estimate of drug-likeness (QED) is 0.282. The summed E-state index contributed by atoms with van der Waals surface area (Å²) >= 11 is 4.80. The largest absolute Gasteiger partial charge is 0.495 e. The summed E-state index contributed by atoms with van der Waals surface area (Å²) in [5, 5.41) is 14.7. The van der Waals surface area contributed by atoms with Gasteiger partial charge >= 0.3 is 0 Å². The molecule has 30 heavy (non-hydrogen) atoms. The van der Waals surface area contributed by atoms with Crippen LogP contribution >= 0.6 is 34.4 Å². The molecule has 150 valence electrons. The van der Waals surface area contributed by atoms with Crippen LogP contribution in [0, 0.1) is 0 Å². The Morgan fingerprint density at radius 3 is 2.80 bits per heavy atom. The minimum atomic E-state index is 0.676. The summed E-state index contributed by atoms with van der Waals surface area (Å²) in [6, 6.07) is 15.7. The number of thiazole rings is 1. The van der Waals surface area contributed by atoms with E-state index >= 15 is 0 Å². The Hall–Kier alpha value is -2.88. The van der Waals surface area contributed by atoms with Gasteiger partial charge in [-0.25, -0.2) is 4.98 Å². The molecular weight excluding hydrogens is 436 g/mol. The van der Waals surface area contributed by atoms with E-state index in [-0.39, 0.29) is 0 Å². The maximum absolute atomic E-state index is 5.60. The number of thiophene rings is 1. The number of nitrogens with zero attached hydrogens (tertiary/aromatic N) is 4. The molecule has 5 aromatic rings. The summed E-state index contributed by atoms with van der Waals surface area (Å²) in [5.41, 5.74) is 1.88. The number of ether oxygens (including phenoxy) is 1. The average molecular weight is 453 g/mol. The van der Waals surface area contributed by atoms with Gasteiger partial charge in [0.05, 0.1) is 29.6 Å². The number of rotatable bonds is 7. The molecule has 4 heterocycles. The first-order valence-electron chi connectivity index (χ1n) is 9.07. The second-order valence-electron chi connectivity index (χ2n) is 6.20. The Labute approximate surface area is 185 Å². The number of aromatic nitrogens is 4. The highest BCUT2D eigenvalue weighted by atomic mass is 32.2. The number of hydrogen-bond acceptors (Lipinski definition) is 8. The molecule has 0 bridgehead atoms. The van der Waals surface area contributed by atoms with Gasteiger partial charge in [-0.15, -0.1) is 32.9 Å². The highest BCUT2D eigenvalue weighted by Gasteiger charge is 2.20. The lowest BCUT2D eigenvalue weighted by Gasteiger charge is -2.13. The highest BCUT2D eigenvalue weighted by Crippen LogP contribution is 2.35. The number of furan rings is 1. The van der Waals surface area contributed by atoms with E-state index in [4.69, 9.17) is 9.15 Å². The summed E-state index contributed by atoms with van der Waals surface area (Å²) in [4.78, 5) is 5.73. The van der Waals surface area contributed by atoms with Crippen molar-refractivity contribution in [3.05, 3.63) is 71.2 Å². The van der Waals surface area contributed by atoms with E-state index in [1.807, 2.05) is 53.9 Å². The second kappa shape index (κ2) is 8.47. The average Bonchev–Trinajstić information content (AvgIpc) is 3.57. The van der Waals surface area contributed by atoms with Gasteiger partial charge in [0.2, 0.25) is 0 Å². The van der Waals surface area contributed by atoms with Gasteiger partial charge in [0.25, 0.3) is 0 Å². The van der Waals surface area contributed by atoms with Gasteiger partial charge in [0.1, 0.15) is 5.75 Å². The van der Waals surface area contributed by atoms with Crippen molar-refractivity contribution in [2.24, 2.45) is 0 Å².